The second-order valence-corrected chi connectivity index (χ2v) is 7.74. The van der Waals surface area contributed by atoms with Gasteiger partial charge in [-0.1, -0.05) is 29.8 Å². The van der Waals surface area contributed by atoms with Crippen LogP contribution in [0.2, 0.25) is 5.02 Å². The number of rotatable bonds is 5. The molecule has 0 radical (unpaired) electrons. The summed E-state index contributed by atoms with van der Waals surface area (Å²) < 4.78 is 17.0. The fourth-order valence-corrected chi connectivity index (χ4v) is 4.19. The number of carbonyl (C=O) groups is 1. The summed E-state index contributed by atoms with van der Waals surface area (Å²) in [5, 5.41) is 10.3. The van der Waals surface area contributed by atoms with Crippen molar-refractivity contribution in [2.45, 2.75) is 31.8 Å². The maximum absolute atomic E-state index is 12.8. The number of Topliss-reactive ketones (excluding diaryl/α,β-unsaturated/α-hetero) is 1. The molecule has 4 rings (SSSR count). The summed E-state index contributed by atoms with van der Waals surface area (Å²) >= 11 is 6.19. The van der Waals surface area contributed by atoms with E-state index in [0.717, 1.165) is 11.1 Å². The molecule has 7 heteroatoms. The molecule has 0 bridgehead atoms. The molecule has 0 amide bonds. The third kappa shape index (κ3) is 3.97. The Morgan fingerprint density at radius 3 is 2.77 bits per heavy atom. The van der Waals surface area contributed by atoms with Crippen molar-refractivity contribution in [2.24, 2.45) is 5.73 Å². The number of nitriles is 1. The summed E-state index contributed by atoms with van der Waals surface area (Å²) in [4.78, 5) is 12.8. The second-order valence-electron chi connectivity index (χ2n) is 7.33. The van der Waals surface area contributed by atoms with Gasteiger partial charge in [-0.15, -0.1) is 0 Å². The van der Waals surface area contributed by atoms with Crippen LogP contribution in [-0.2, 0) is 16.1 Å². The summed E-state index contributed by atoms with van der Waals surface area (Å²) in [6.07, 6.45) is 1.75. The van der Waals surface area contributed by atoms with E-state index in [1.807, 2.05) is 24.3 Å². The number of methoxy groups -OCH3 is 1. The SMILES string of the molecule is COc1ccc(C2C(C#N)=C(N)OC3=C2C(=O)CCC3)cc1COc1ccccc1Cl. The van der Waals surface area contributed by atoms with Gasteiger partial charge in [0.15, 0.2) is 5.78 Å². The Hall–Kier alpha value is -3.43. The zero-order chi connectivity index (χ0) is 22.0. The maximum atomic E-state index is 12.8. The first-order valence-corrected chi connectivity index (χ1v) is 10.3. The quantitative estimate of drug-likeness (QED) is 0.727. The number of ether oxygens (including phenoxy) is 3. The van der Waals surface area contributed by atoms with Crippen LogP contribution >= 0.6 is 11.6 Å². The highest BCUT2D eigenvalue weighted by Gasteiger charge is 2.38. The topological polar surface area (TPSA) is 94.6 Å². The molecule has 1 aliphatic heterocycles. The van der Waals surface area contributed by atoms with Crippen molar-refractivity contribution >= 4 is 17.4 Å². The van der Waals surface area contributed by atoms with Gasteiger partial charge >= 0.3 is 0 Å². The zero-order valence-corrected chi connectivity index (χ0v) is 17.7. The summed E-state index contributed by atoms with van der Waals surface area (Å²) in [6.45, 7) is 0.199. The molecule has 1 atom stereocenters. The highest BCUT2D eigenvalue weighted by Crippen LogP contribution is 2.44. The Morgan fingerprint density at radius 1 is 1.23 bits per heavy atom. The maximum Gasteiger partial charge on any atom is 0.205 e. The van der Waals surface area contributed by atoms with Crippen LogP contribution in [0.4, 0.5) is 0 Å². The zero-order valence-electron chi connectivity index (χ0n) is 17.0. The number of ketones is 1. The number of nitrogens with two attached hydrogens (primary N) is 1. The lowest BCUT2D eigenvalue weighted by Gasteiger charge is -2.31. The number of allylic oxidation sites excluding steroid dienone is 3. The summed E-state index contributed by atoms with van der Waals surface area (Å²) in [7, 11) is 1.58. The Kier molecular flexibility index (Phi) is 5.88. The molecule has 0 aromatic heterocycles. The van der Waals surface area contributed by atoms with Gasteiger partial charge in [-0.2, -0.15) is 5.26 Å². The summed E-state index contributed by atoms with van der Waals surface area (Å²) in [6, 6.07) is 14.9. The Labute approximate surface area is 185 Å². The van der Waals surface area contributed by atoms with E-state index in [2.05, 4.69) is 6.07 Å². The number of para-hydroxylation sites is 1. The van der Waals surface area contributed by atoms with Crippen molar-refractivity contribution in [3.63, 3.8) is 0 Å². The van der Waals surface area contributed by atoms with Crippen LogP contribution < -0.4 is 15.2 Å². The van der Waals surface area contributed by atoms with Crippen LogP contribution in [-0.4, -0.2) is 12.9 Å². The van der Waals surface area contributed by atoms with Crippen LogP contribution in [0, 0.1) is 11.3 Å². The van der Waals surface area contributed by atoms with Crippen LogP contribution in [0.25, 0.3) is 0 Å². The van der Waals surface area contributed by atoms with Gasteiger partial charge in [0, 0.05) is 24.0 Å². The van der Waals surface area contributed by atoms with Gasteiger partial charge in [-0.05, 0) is 36.2 Å². The fraction of sp³-hybridized carbons (Fsp3) is 0.250. The second kappa shape index (κ2) is 8.75. The fourth-order valence-electron chi connectivity index (χ4n) is 4.00. The number of halogens is 1. The van der Waals surface area contributed by atoms with Gasteiger partial charge in [0.25, 0.3) is 0 Å². The summed E-state index contributed by atoms with van der Waals surface area (Å²) in [5.74, 6) is 1.19. The van der Waals surface area contributed by atoms with Crippen molar-refractivity contribution in [3.05, 3.63) is 81.4 Å². The highest BCUT2D eigenvalue weighted by atomic mass is 35.5. The largest absolute Gasteiger partial charge is 0.496 e. The van der Waals surface area contributed by atoms with Crippen LogP contribution in [0.1, 0.15) is 36.3 Å². The molecule has 2 N–H and O–H groups in total. The van der Waals surface area contributed by atoms with E-state index in [4.69, 9.17) is 31.5 Å². The van der Waals surface area contributed by atoms with Crippen LogP contribution in [0.15, 0.2) is 65.3 Å². The molecule has 0 saturated heterocycles. The number of nitrogens with zero attached hydrogens (tertiary/aromatic N) is 1. The molecule has 0 fully saturated rings. The average molecular weight is 437 g/mol. The normalized spacial score (nSPS) is 18.2. The van der Waals surface area contributed by atoms with Gasteiger partial charge < -0.3 is 19.9 Å². The van der Waals surface area contributed by atoms with E-state index < -0.39 is 5.92 Å². The van der Waals surface area contributed by atoms with E-state index in [9.17, 15) is 10.1 Å². The van der Waals surface area contributed by atoms with Crippen molar-refractivity contribution in [1.82, 2.24) is 0 Å². The molecule has 158 valence electrons. The molecular weight excluding hydrogens is 416 g/mol. The lowest BCUT2D eigenvalue weighted by molar-refractivity contribution is -0.116. The molecule has 2 aliphatic rings. The van der Waals surface area contributed by atoms with Gasteiger partial charge in [-0.3, -0.25) is 4.79 Å². The lowest BCUT2D eigenvalue weighted by atomic mass is 9.77. The number of hydrogen-bond donors (Lipinski definition) is 1. The minimum absolute atomic E-state index is 0.0174. The van der Waals surface area contributed by atoms with Gasteiger partial charge in [-0.25, -0.2) is 0 Å². The number of benzene rings is 2. The van der Waals surface area contributed by atoms with Crippen molar-refractivity contribution in [3.8, 4) is 17.6 Å². The minimum Gasteiger partial charge on any atom is -0.496 e. The molecule has 0 saturated carbocycles. The molecule has 2 aromatic rings. The lowest BCUT2D eigenvalue weighted by Crippen LogP contribution is -2.27. The Morgan fingerprint density at radius 2 is 2.03 bits per heavy atom. The molecule has 6 nitrogen and oxygen atoms in total. The van der Waals surface area contributed by atoms with E-state index in [1.54, 1.807) is 25.3 Å². The minimum atomic E-state index is -0.577. The van der Waals surface area contributed by atoms with Crippen LogP contribution in [0.3, 0.4) is 0 Å². The average Bonchev–Trinajstić information content (AvgIpc) is 2.77. The van der Waals surface area contributed by atoms with E-state index in [0.29, 0.717) is 47.1 Å². The van der Waals surface area contributed by atoms with Crippen LogP contribution in [0.5, 0.6) is 11.5 Å². The number of carbonyl (C=O) groups excluding carboxylic acids is 1. The Balaban J connectivity index is 1.74. The molecule has 31 heavy (non-hydrogen) atoms. The standard InChI is InChI=1S/C24H21ClN2O4/c1-29-19-10-9-14(11-15(19)13-30-20-7-3-2-5-17(20)25)22-16(12-26)24(27)31-21-8-4-6-18(28)23(21)22/h2-3,5,7,9-11,22H,4,6,8,13,27H2,1H3. The molecule has 0 spiro atoms. The predicted molar refractivity (Wildman–Crippen MR) is 115 cm³/mol. The predicted octanol–water partition coefficient (Wildman–Crippen LogP) is 4.74. The van der Waals surface area contributed by atoms with Gasteiger partial charge in [0.05, 0.1) is 18.1 Å². The van der Waals surface area contributed by atoms with Gasteiger partial charge in [0.2, 0.25) is 5.88 Å². The molecule has 2 aromatic carbocycles. The monoisotopic (exact) mass is 436 g/mol. The smallest absolute Gasteiger partial charge is 0.205 e. The van der Waals surface area contributed by atoms with E-state index in [-0.39, 0.29) is 23.8 Å². The van der Waals surface area contributed by atoms with E-state index in [1.165, 1.54) is 0 Å². The third-order valence-electron chi connectivity index (χ3n) is 5.46. The van der Waals surface area contributed by atoms with Gasteiger partial charge in [0.1, 0.15) is 35.5 Å². The van der Waals surface area contributed by atoms with Crippen molar-refractivity contribution < 1.29 is 19.0 Å². The van der Waals surface area contributed by atoms with Crippen molar-refractivity contribution in [2.75, 3.05) is 7.11 Å². The van der Waals surface area contributed by atoms with E-state index >= 15 is 0 Å². The molecular formula is C24H21ClN2O4. The first-order valence-electron chi connectivity index (χ1n) is 9.91. The molecule has 1 unspecified atom stereocenters. The number of hydrogen-bond acceptors (Lipinski definition) is 6. The molecule has 1 aliphatic carbocycles. The summed E-state index contributed by atoms with van der Waals surface area (Å²) in [5.41, 5.74) is 8.30. The Bertz CT molecular complexity index is 1150. The molecule has 1 heterocycles. The highest BCUT2D eigenvalue weighted by molar-refractivity contribution is 6.32. The third-order valence-corrected chi connectivity index (χ3v) is 5.77. The van der Waals surface area contributed by atoms with Crippen molar-refractivity contribution in [1.29, 1.82) is 5.26 Å². The first kappa shape index (κ1) is 20.8. The first-order chi connectivity index (χ1) is 15.0.